The molecule has 11 heteroatoms. The van der Waals surface area contributed by atoms with Crippen molar-refractivity contribution >= 4 is 40.8 Å². The zero-order chi connectivity index (χ0) is 29.8. The van der Waals surface area contributed by atoms with Gasteiger partial charge in [0.1, 0.15) is 5.82 Å². The highest BCUT2D eigenvalue weighted by Crippen LogP contribution is 2.35. The van der Waals surface area contributed by atoms with Crippen LogP contribution in [0.4, 0.5) is 33.6 Å². The fourth-order valence-electron chi connectivity index (χ4n) is 5.72. The third kappa shape index (κ3) is 6.32. The maximum absolute atomic E-state index is 13.9. The predicted octanol–water partition coefficient (Wildman–Crippen LogP) is 3.94. The van der Waals surface area contributed by atoms with Gasteiger partial charge in [0.05, 0.1) is 18.7 Å². The molecule has 3 N–H and O–H groups in total. The predicted molar refractivity (Wildman–Crippen MR) is 164 cm³/mol. The lowest BCUT2D eigenvalue weighted by Gasteiger charge is -2.37. The van der Waals surface area contributed by atoms with Crippen LogP contribution in [0.5, 0.6) is 0 Å². The third-order valence-electron chi connectivity index (χ3n) is 7.91. The average Bonchev–Trinajstić information content (AvgIpc) is 2.95. The molecule has 0 saturated carbocycles. The Kier molecular flexibility index (Phi) is 8.89. The van der Waals surface area contributed by atoms with Crippen LogP contribution in [0.2, 0.25) is 0 Å². The molecule has 1 aromatic heterocycles. The Morgan fingerprint density at radius 1 is 1.05 bits per heavy atom. The molecular formula is C31H39N7O4. The number of hydrogen-bond donors (Lipinski definition) is 3. The number of carbonyl (C=O) groups excluding carboxylic acids is 1. The molecule has 3 aromatic rings. The molecule has 0 radical (unpaired) electrons. The van der Waals surface area contributed by atoms with Crippen LogP contribution in [0.15, 0.2) is 42.6 Å². The van der Waals surface area contributed by atoms with Gasteiger partial charge in [-0.3, -0.25) is 14.6 Å². The molecule has 11 nitrogen and oxygen atoms in total. The number of para-hydroxylation sites is 1. The highest BCUT2D eigenvalue weighted by atomic mass is 16.4. The van der Waals surface area contributed by atoms with E-state index in [0.29, 0.717) is 43.4 Å². The van der Waals surface area contributed by atoms with Gasteiger partial charge in [0.25, 0.3) is 0 Å². The SMILES string of the molecule is Cc1cccc(C)c1N1Cc2cnc(Nc3ccc(N4CCN(C)CC4)c(CC(=O)O)c3)nc2N(CCCCO)C1=O. The highest BCUT2D eigenvalue weighted by Gasteiger charge is 2.34. The number of carboxylic acid groups (broad SMARTS) is 1. The van der Waals surface area contributed by atoms with Crippen LogP contribution in [-0.4, -0.2) is 83.5 Å². The van der Waals surface area contributed by atoms with E-state index in [1.165, 1.54) is 0 Å². The summed E-state index contributed by atoms with van der Waals surface area (Å²) in [5, 5.41) is 22.2. The van der Waals surface area contributed by atoms with Gasteiger partial charge in [-0.05, 0) is 68.6 Å². The highest BCUT2D eigenvalue weighted by molar-refractivity contribution is 6.06. The van der Waals surface area contributed by atoms with Crippen LogP contribution in [0.3, 0.4) is 0 Å². The van der Waals surface area contributed by atoms with Crippen molar-refractivity contribution < 1.29 is 19.8 Å². The second kappa shape index (κ2) is 12.7. The fourth-order valence-corrected chi connectivity index (χ4v) is 5.72. The standard InChI is InChI=1S/C31H39N7O4/c1-21-7-6-8-22(2)28(21)38-20-24-19-32-30(34-29(24)37(31(38)42)11-4-5-16-39)33-25-9-10-26(23(17-25)18-27(40)41)36-14-12-35(3)13-15-36/h6-10,17,19,39H,4-5,11-16,18,20H2,1-3H3,(H,40,41)(H,32,33,34). The normalized spacial score (nSPS) is 15.6. The first kappa shape index (κ1) is 29.3. The van der Waals surface area contributed by atoms with Gasteiger partial charge in [0.2, 0.25) is 5.95 Å². The van der Waals surface area contributed by atoms with Crippen molar-refractivity contribution in [1.82, 2.24) is 14.9 Å². The first-order chi connectivity index (χ1) is 20.2. The number of nitrogens with zero attached hydrogens (tertiary/aromatic N) is 6. The summed E-state index contributed by atoms with van der Waals surface area (Å²) in [4.78, 5) is 42.8. The first-order valence-electron chi connectivity index (χ1n) is 14.4. The minimum absolute atomic E-state index is 0.0505. The van der Waals surface area contributed by atoms with E-state index in [9.17, 15) is 19.8 Å². The number of rotatable bonds is 10. The molecule has 0 atom stereocenters. The minimum Gasteiger partial charge on any atom is -0.481 e. The topological polar surface area (TPSA) is 125 Å². The minimum atomic E-state index is -0.891. The number of aromatic nitrogens is 2. The number of carboxylic acids is 1. The van der Waals surface area contributed by atoms with Gasteiger partial charge in [-0.1, -0.05) is 18.2 Å². The van der Waals surface area contributed by atoms with Crippen LogP contribution < -0.4 is 20.0 Å². The second-order valence-electron chi connectivity index (χ2n) is 11.1. The number of fused-ring (bicyclic) bond motifs is 1. The molecule has 3 heterocycles. The Hall–Kier alpha value is -4.22. The number of aliphatic carboxylic acids is 1. The number of amides is 2. The Labute approximate surface area is 246 Å². The quantitative estimate of drug-likeness (QED) is 0.309. The van der Waals surface area contributed by atoms with Gasteiger partial charge in [-0.15, -0.1) is 0 Å². The summed E-state index contributed by atoms with van der Waals surface area (Å²) in [5.41, 5.74) is 6.06. The van der Waals surface area contributed by atoms with E-state index in [4.69, 9.17) is 4.98 Å². The number of anilines is 5. The van der Waals surface area contributed by atoms with Crippen LogP contribution in [-0.2, 0) is 17.8 Å². The molecule has 0 aliphatic carbocycles. The van der Waals surface area contributed by atoms with Gasteiger partial charge in [0, 0.05) is 62.5 Å². The van der Waals surface area contributed by atoms with Crippen molar-refractivity contribution in [2.75, 3.05) is 66.4 Å². The van der Waals surface area contributed by atoms with E-state index in [0.717, 1.165) is 59.8 Å². The molecule has 1 fully saturated rings. The van der Waals surface area contributed by atoms with Crippen molar-refractivity contribution in [2.45, 2.75) is 39.7 Å². The molecule has 0 unspecified atom stereocenters. The lowest BCUT2D eigenvalue weighted by molar-refractivity contribution is -0.136. The van der Waals surface area contributed by atoms with Crippen LogP contribution in [0, 0.1) is 13.8 Å². The van der Waals surface area contributed by atoms with E-state index >= 15 is 0 Å². The van der Waals surface area contributed by atoms with E-state index in [1.807, 2.05) is 50.2 Å². The third-order valence-corrected chi connectivity index (χ3v) is 7.91. The van der Waals surface area contributed by atoms with Crippen molar-refractivity contribution in [3.63, 3.8) is 0 Å². The lowest BCUT2D eigenvalue weighted by Crippen LogP contribution is -2.49. The van der Waals surface area contributed by atoms with Crippen LogP contribution in [0.25, 0.3) is 0 Å². The van der Waals surface area contributed by atoms with E-state index < -0.39 is 5.97 Å². The van der Waals surface area contributed by atoms with E-state index in [-0.39, 0.29) is 19.1 Å². The van der Waals surface area contributed by atoms with Crippen molar-refractivity contribution in [1.29, 1.82) is 0 Å². The van der Waals surface area contributed by atoms with Crippen molar-refractivity contribution in [3.05, 3.63) is 64.8 Å². The largest absolute Gasteiger partial charge is 0.481 e. The Morgan fingerprint density at radius 3 is 2.48 bits per heavy atom. The molecule has 2 aliphatic rings. The number of aliphatic hydroxyl groups is 1. The molecule has 2 aliphatic heterocycles. The number of nitrogens with one attached hydrogen (secondary N) is 1. The van der Waals surface area contributed by atoms with Crippen molar-refractivity contribution in [3.8, 4) is 0 Å². The van der Waals surface area contributed by atoms with E-state index in [1.54, 1.807) is 16.0 Å². The number of aryl methyl sites for hydroxylation is 2. The molecule has 1 saturated heterocycles. The Bertz CT molecular complexity index is 1430. The molecule has 222 valence electrons. The number of unbranched alkanes of at least 4 members (excludes halogenated alkanes) is 1. The summed E-state index contributed by atoms with van der Waals surface area (Å²) in [7, 11) is 2.09. The zero-order valence-electron chi connectivity index (χ0n) is 24.5. The summed E-state index contributed by atoms with van der Waals surface area (Å²) >= 11 is 0. The van der Waals surface area contributed by atoms with Gasteiger partial charge >= 0.3 is 12.0 Å². The summed E-state index contributed by atoms with van der Waals surface area (Å²) in [6, 6.07) is 11.5. The van der Waals surface area contributed by atoms with Crippen molar-refractivity contribution in [2.24, 2.45) is 0 Å². The molecule has 2 amide bonds. The smallest absolute Gasteiger partial charge is 0.330 e. The van der Waals surface area contributed by atoms with Crippen LogP contribution in [0.1, 0.15) is 35.1 Å². The van der Waals surface area contributed by atoms with Crippen LogP contribution >= 0.6 is 0 Å². The summed E-state index contributed by atoms with van der Waals surface area (Å²) in [6.45, 7) is 8.32. The van der Waals surface area contributed by atoms with Gasteiger partial charge in [-0.25, -0.2) is 9.78 Å². The Balaban J connectivity index is 1.44. The zero-order valence-corrected chi connectivity index (χ0v) is 24.5. The van der Waals surface area contributed by atoms with E-state index in [2.05, 4.69) is 27.1 Å². The summed E-state index contributed by atoms with van der Waals surface area (Å²) < 4.78 is 0. The monoisotopic (exact) mass is 573 g/mol. The summed E-state index contributed by atoms with van der Waals surface area (Å²) in [5.74, 6) is -0.0290. The van der Waals surface area contributed by atoms with Gasteiger partial charge in [0.15, 0.2) is 0 Å². The first-order valence-corrected chi connectivity index (χ1v) is 14.4. The number of urea groups is 1. The molecule has 2 aromatic carbocycles. The molecule has 0 spiro atoms. The number of carbonyl (C=O) groups is 2. The second-order valence-corrected chi connectivity index (χ2v) is 11.1. The average molecular weight is 574 g/mol. The number of benzene rings is 2. The Morgan fingerprint density at radius 2 is 1.79 bits per heavy atom. The number of hydrogen-bond acceptors (Lipinski definition) is 8. The number of likely N-dealkylation sites (N-methyl/N-ethyl adjacent to an activating group) is 1. The lowest BCUT2D eigenvalue weighted by atomic mass is 10.1. The van der Waals surface area contributed by atoms with Gasteiger partial charge in [-0.2, -0.15) is 4.98 Å². The fraction of sp³-hybridized carbons (Fsp3) is 0.419. The maximum Gasteiger partial charge on any atom is 0.330 e. The molecular weight excluding hydrogens is 534 g/mol. The number of piperazine rings is 1. The summed E-state index contributed by atoms with van der Waals surface area (Å²) in [6.07, 6.45) is 2.85. The van der Waals surface area contributed by atoms with Gasteiger partial charge < -0.3 is 25.3 Å². The maximum atomic E-state index is 13.9. The number of aliphatic hydroxyl groups excluding tert-OH is 1. The molecule has 42 heavy (non-hydrogen) atoms. The molecule has 0 bridgehead atoms. The molecule has 5 rings (SSSR count).